The first-order chi connectivity index (χ1) is 7.68. The number of aromatic nitrogens is 1. The zero-order valence-electron chi connectivity index (χ0n) is 9.53. The zero-order valence-corrected chi connectivity index (χ0v) is 10.3. The van der Waals surface area contributed by atoms with Crippen molar-refractivity contribution in [2.45, 2.75) is 51.4 Å². The van der Waals surface area contributed by atoms with Crippen molar-refractivity contribution in [3.8, 4) is 0 Å². The molecule has 3 nitrogen and oxygen atoms in total. The second kappa shape index (κ2) is 4.95. The van der Waals surface area contributed by atoms with Gasteiger partial charge in [0.15, 0.2) is 5.69 Å². The van der Waals surface area contributed by atoms with Crippen molar-refractivity contribution >= 4 is 17.3 Å². The molecule has 4 heteroatoms. The minimum atomic E-state index is -0.872. The van der Waals surface area contributed by atoms with Crippen molar-refractivity contribution in [3.05, 3.63) is 15.6 Å². The lowest BCUT2D eigenvalue weighted by Crippen LogP contribution is -2.05. The summed E-state index contributed by atoms with van der Waals surface area (Å²) in [5.41, 5.74) is 0.300. The Labute approximate surface area is 99.5 Å². The smallest absolute Gasteiger partial charge is 0.355 e. The maximum absolute atomic E-state index is 11.1. The minimum Gasteiger partial charge on any atom is -0.476 e. The normalized spacial score (nSPS) is 18.3. The third-order valence-corrected chi connectivity index (χ3v) is 4.32. The molecule has 0 amide bonds. The molecule has 1 fully saturated rings. The van der Waals surface area contributed by atoms with Crippen LogP contribution < -0.4 is 0 Å². The van der Waals surface area contributed by atoms with Gasteiger partial charge in [0.25, 0.3) is 0 Å². The van der Waals surface area contributed by atoms with Gasteiger partial charge in [-0.3, -0.25) is 0 Å². The molecule has 0 aliphatic heterocycles. The maximum Gasteiger partial charge on any atom is 0.355 e. The van der Waals surface area contributed by atoms with E-state index in [1.54, 1.807) is 11.3 Å². The summed E-state index contributed by atoms with van der Waals surface area (Å²) in [5, 5.41) is 10.00. The van der Waals surface area contributed by atoms with E-state index in [9.17, 15) is 4.79 Å². The van der Waals surface area contributed by atoms with E-state index < -0.39 is 5.97 Å². The first-order valence-electron chi connectivity index (χ1n) is 5.89. The van der Waals surface area contributed by atoms with Crippen LogP contribution in [0.1, 0.15) is 64.8 Å². The molecule has 1 aromatic heterocycles. The van der Waals surface area contributed by atoms with Crippen molar-refractivity contribution in [1.29, 1.82) is 0 Å². The number of nitrogens with zero attached hydrogens (tertiary/aromatic N) is 1. The summed E-state index contributed by atoms with van der Waals surface area (Å²) in [6.45, 7) is 1.89. The van der Waals surface area contributed by atoms with Crippen LogP contribution in [0.3, 0.4) is 0 Å². The molecule has 0 spiro atoms. The summed E-state index contributed by atoms with van der Waals surface area (Å²) in [6.07, 6.45) is 7.28. The van der Waals surface area contributed by atoms with E-state index in [4.69, 9.17) is 5.11 Å². The van der Waals surface area contributed by atoms with Gasteiger partial charge in [-0.15, -0.1) is 11.3 Å². The Hall–Kier alpha value is -0.900. The zero-order chi connectivity index (χ0) is 11.5. The Morgan fingerprint density at radius 2 is 1.94 bits per heavy atom. The van der Waals surface area contributed by atoms with E-state index in [-0.39, 0.29) is 0 Å². The number of carbonyl (C=O) groups is 1. The molecule has 0 aromatic carbocycles. The van der Waals surface area contributed by atoms with Crippen LogP contribution in [-0.2, 0) is 0 Å². The van der Waals surface area contributed by atoms with Crippen LogP contribution in [0, 0.1) is 6.92 Å². The van der Waals surface area contributed by atoms with Gasteiger partial charge < -0.3 is 5.11 Å². The van der Waals surface area contributed by atoms with Gasteiger partial charge in [-0.05, 0) is 25.7 Å². The standard InChI is InChI=1S/C12H17NO2S/c1-8-13-10(12(14)15)11(16-8)9-6-4-2-3-5-7-9/h9H,2-7H2,1H3,(H,14,15). The van der Waals surface area contributed by atoms with Crippen LogP contribution in [0.25, 0.3) is 0 Å². The molecule has 1 saturated carbocycles. The van der Waals surface area contributed by atoms with Crippen LogP contribution in [-0.4, -0.2) is 16.1 Å². The van der Waals surface area contributed by atoms with E-state index in [0.29, 0.717) is 11.6 Å². The molecular formula is C12H17NO2S. The van der Waals surface area contributed by atoms with E-state index >= 15 is 0 Å². The average molecular weight is 239 g/mol. The van der Waals surface area contributed by atoms with Gasteiger partial charge >= 0.3 is 5.97 Å². The van der Waals surface area contributed by atoms with Crippen molar-refractivity contribution in [1.82, 2.24) is 4.98 Å². The molecule has 88 valence electrons. The lowest BCUT2D eigenvalue weighted by Gasteiger charge is -2.11. The quantitative estimate of drug-likeness (QED) is 0.802. The Balaban J connectivity index is 2.26. The molecule has 0 bridgehead atoms. The Morgan fingerprint density at radius 1 is 1.31 bits per heavy atom. The molecule has 1 aliphatic rings. The van der Waals surface area contributed by atoms with Gasteiger partial charge in [-0.1, -0.05) is 25.7 Å². The number of hydrogen-bond donors (Lipinski definition) is 1. The largest absolute Gasteiger partial charge is 0.476 e. The summed E-state index contributed by atoms with van der Waals surface area (Å²) in [7, 11) is 0. The topological polar surface area (TPSA) is 50.2 Å². The molecule has 1 heterocycles. The van der Waals surface area contributed by atoms with Crippen LogP contribution in [0.4, 0.5) is 0 Å². The van der Waals surface area contributed by atoms with E-state index in [0.717, 1.165) is 22.7 Å². The van der Waals surface area contributed by atoms with Gasteiger partial charge in [0.05, 0.1) is 5.01 Å². The van der Waals surface area contributed by atoms with Crippen molar-refractivity contribution in [2.24, 2.45) is 0 Å². The van der Waals surface area contributed by atoms with Gasteiger partial charge in [-0.2, -0.15) is 0 Å². The first kappa shape index (κ1) is 11.6. The number of aryl methyl sites for hydroxylation is 1. The molecule has 2 rings (SSSR count). The number of rotatable bonds is 2. The van der Waals surface area contributed by atoms with Crippen LogP contribution >= 0.6 is 11.3 Å². The molecule has 16 heavy (non-hydrogen) atoms. The van der Waals surface area contributed by atoms with Gasteiger partial charge in [-0.25, -0.2) is 9.78 Å². The first-order valence-corrected chi connectivity index (χ1v) is 6.70. The monoisotopic (exact) mass is 239 g/mol. The highest BCUT2D eigenvalue weighted by Gasteiger charge is 2.24. The SMILES string of the molecule is Cc1nc(C(=O)O)c(C2CCCCCC2)s1. The van der Waals surface area contributed by atoms with Crippen LogP contribution in [0.2, 0.25) is 0 Å². The molecule has 0 saturated heterocycles. The predicted octanol–water partition coefficient (Wildman–Crippen LogP) is 3.59. The summed E-state index contributed by atoms with van der Waals surface area (Å²) in [6, 6.07) is 0. The molecule has 0 unspecified atom stereocenters. The highest BCUT2D eigenvalue weighted by atomic mass is 32.1. The van der Waals surface area contributed by atoms with Crippen LogP contribution in [0.15, 0.2) is 0 Å². The van der Waals surface area contributed by atoms with Crippen molar-refractivity contribution in [2.75, 3.05) is 0 Å². The number of carboxylic acids is 1. The summed E-state index contributed by atoms with van der Waals surface area (Å²) in [4.78, 5) is 16.2. The third-order valence-electron chi connectivity index (χ3n) is 3.19. The highest BCUT2D eigenvalue weighted by molar-refractivity contribution is 7.12. The predicted molar refractivity (Wildman–Crippen MR) is 64.3 cm³/mol. The average Bonchev–Trinajstić information content (AvgIpc) is 2.49. The Kier molecular flexibility index (Phi) is 3.59. The number of thiazole rings is 1. The molecule has 1 aliphatic carbocycles. The highest BCUT2D eigenvalue weighted by Crippen LogP contribution is 2.36. The van der Waals surface area contributed by atoms with Crippen molar-refractivity contribution < 1.29 is 9.90 Å². The van der Waals surface area contributed by atoms with E-state index in [2.05, 4.69) is 4.98 Å². The van der Waals surface area contributed by atoms with E-state index in [1.807, 2.05) is 6.92 Å². The Bertz CT molecular complexity index is 378. The fourth-order valence-electron chi connectivity index (χ4n) is 2.41. The summed E-state index contributed by atoms with van der Waals surface area (Å²) >= 11 is 1.57. The fourth-order valence-corrected chi connectivity index (χ4v) is 3.50. The summed E-state index contributed by atoms with van der Waals surface area (Å²) < 4.78 is 0. The van der Waals surface area contributed by atoms with E-state index in [1.165, 1.54) is 25.7 Å². The van der Waals surface area contributed by atoms with Gasteiger partial charge in [0.2, 0.25) is 0 Å². The third kappa shape index (κ3) is 2.43. The molecular weight excluding hydrogens is 222 g/mol. The second-order valence-corrected chi connectivity index (χ2v) is 5.67. The second-order valence-electron chi connectivity index (χ2n) is 4.44. The molecule has 0 atom stereocenters. The number of carboxylic acid groups (broad SMARTS) is 1. The lowest BCUT2D eigenvalue weighted by molar-refractivity contribution is 0.0689. The van der Waals surface area contributed by atoms with Crippen molar-refractivity contribution in [3.63, 3.8) is 0 Å². The maximum atomic E-state index is 11.1. The van der Waals surface area contributed by atoms with Gasteiger partial charge in [0, 0.05) is 4.88 Å². The minimum absolute atomic E-state index is 0.300. The number of hydrogen-bond acceptors (Lipinski definition) is 3. The molecule has 0 radical (unpaired) electrons. The molecule has 1 aromatic rings. The Morgan fingerprint density at radius 3 is 2.50 bits per heavy atom. The fraction of sp³-hybridized carbons (Fsp3) is 0.667. The summed E-state index contributed by atoms with van der Waals surface area (Å²) in [5.74, 6) is -0.441. The lowest BCUT2D eigenvalue weighted by atomic mass is 9.97. The van der Waals surface area contributed by atoms with Gasteiger partial charge in [0.1, 0.15) is 0 Å². The number of aromatic carboxylic acids is 1. The van der Waals surface area contributed by atoms with Crippen LogP contribution in [0.5, 0.6) is 0 Å². The molecule has 1 N–H and O–H groups in total.